The summed E-state index contributed by atoms with van der Waals surface area (Å²) < 4.78 is 0. The molecule has 14 heavy (non-hydrogen) atoms. The number of carbonyl (C=O) groups excluding carboxylic acids is 1. The van der Waals surface area contributed by atoms with Gasteiger partial charge in [0.1, 0.15) is 0 Å². The van der Waals surface area contributed by atoms with Gasteiger partial charge in [-0.1, -0.05) is 0 Å². The first kappa shape index (κ1) is 13.4. The lowest BCUT2D eigenvalue weighted by atomic mass is 10.2. The normalized spacial score (nSPS) is 13.4. The zero-order valence-corrected chi connectivity index (χ0v) is 9.58. The van der Waals surface area contributed by atoms with Gasteiger partial charge in [0.2, 0.25) is 5.91 Å². The molecule has 0 aromatic carbocycles. The minimum Gasteiger partial charge on any atom is -0.395 e. The number of hydrogen-bond donors (Lipinski definition) is 2. The molecule has 0 aromatic rings. The lowest BCUT2D eigenvalue weighted by molar-refractivity contribution is -0.126. The fraction of sp³-hybridized carbons (Fsp3) is 0.900. The zero-order chi connectivity index (χ0) is 11.1. The van der Waals surface area contributed by atoms with Crippen molar-refractivity contribution in [3.63, 3.8) is 0 Å². The van der Waals surface area contributed by atoms with Crippen molar-refractivity contribution in [2.24, 2.45) is 0 Å². The molecule has 1 amide bonds. The van der Waals surface area contributed by atoms with Crippen molar-refractivity contribution in [1.29, 1.82) is 0 Å². The molecule has 1 atom stereocenters. The van der Waals surface area contributed by atoms with Crippen molar-refractivity contribution in [2.75, 3.05) is 19.7 Å². The predicted octanol–water partition coefficient (Wildman–Crippen LogP) is 0.214. The lowest BCUT2D eigenvalue weighted by Crippen LogP contribution is -2.49. The number of aliphatic hydroxyl groups excluding tert-OH is 1. The maximum Gasteiger partial charge on any atom is 0.237 e. The summed E-state index contributed by atoms with van der Waals surface area (Å²) in [6, 6.07) is 0.0851. The number of nitrogens with one attached hydrogen (secondary N) is 1. The molecular weight excluding hydrogens is 180 g/mol. The van der Waals surface area contributed by atoms with Gasteiger partial charge in [-0.25, -0.2) is 0 Å². The average molecular weight is 202 g/mol. The predicted molar refractivity (Wildman–Crippen MR) is 57.1 cm³/mol. The quantitative estimate of drug-likeness (QED) is 0.647. The van der Waals surface area contributed by atoms with Crippen LogP contribution >= 0.6 is 0 Å². The van der Waals surface area contributed by atoms with Gasteiger partial charge in [0.15, 0.2) is 0 Å². The molecule has 84 valence electrons. The maximum atomic E-state index is 11.5. The summed E-state index contributed by atoms with van der Waals surface area (Å²) in [5.74, 6) is 0.0228. The molecule has 4 nitrogen and oxygen atoms in total. The van der Waals surface area contributed by atoms with E-state index in [2.05, 4.69) is 5.32 Å². The second kappa shape index (κ2) is 6.79. The van der Waals surface area contributed by atoms with Crippen LogP contribution in [0.1, 0.15) is 27.7 Å². The Labute approximate surface area is 86.3 Å². The first-order valence-corrected chi connectivity index (χ1v) is 5.18. The number of nitrogens with zero attached hydrogens (tertiary/aromatic N) is 1. The van der Waals surface area contributed by atoms with Crippen molar-refractivity contribution >= 4 is 5.91 Å². The lowest BCUT2D eigenvalue weighted by Gasteiger charge is -2.30. The number of carbonyl (C=O) groups is 1. The minimum absolute atomic E-state index is 0.0228. The molecule has 0 aliphatic heterocycles. The molecule has 0 fully saturated rings. The van der Waals surface area contributed by atoms with Crippen LogP contribution in [0, 0.1) is 0 Å². The Morgan fingerprint density at radius 1 is 1.43 bits per heavy atom. The van der Waals surface area contributed by atoms with Crippen LogP contribution in [-0.4, -0.2) is 47.7 Å². The van der Waals surface area contributed by atoms with E-state index in [-0.39, 0.29) is 24.6 Å². The highest BCUT2D eigenvalue weighted by atomic mass is 16.3. The van der Waals surface area contributed by atoms with Crippen LogP contribution in [-0.2, 0) is 4.79 Å². The highest BCUT2D eigenvalue weighted by molar-refractivity contribution is 5.81. The Hall–Kier alpha value is -0.610. The highest BCUT2D eigenvalue weighted by Crippen LogP contribution is 2.04. The van der Waals surface area contributed by atoms with Crippen LogP contribution in [0.25, 0.3) is 0 Å². The largest absolute Gasteiger partial charge is 0.395 e. The third kappa shape index (κ3) is 4.07. The van der Waals surface area contributed by atoms with E-state index in [0.717, 1.165) is 0 Å². The van der Waals surface area contributed by atoms with Crippen LogP contribution < -0.4 is 5.32 Å². The van der Waals surface area contributed by atoms with Crippen molar-refractivity contribution in [3.05, 3.63) is 0 Å². The molecule has 0 rings (SSSR count). The fourth-order valence-corrected chi connectivity index (χ4v) is 1.49. The van der Waals surface area contributed by atoms with Gasteiger partial charge in [-0.15, -0.1) is 0 Å². The van der Waals surface area contributed by atoms with Gasteiger partial charge < -0.3 is 10.4 Å². The third-order valence-electron chi connectivity index (χ3n) is 2.25. The molecule has 0 radical (unpaired) electrons. The number of rotatable bonds is 6. The molecule has 2 N–H and O–H groups in total. The van der Waals surface area contributed by atoms with Crippen LogP contribution in [0.5, 0.6) is 0 Å². The number of aliphatic hydroxyl groups is 1. The van der Waals surface area contributed by atoms with Crippen LogP contribution in [0.15, 0.2) is 0 Å². The molecule has 0 saturated carbocycles. The van der Waals surface area contributed by atoms with Gasteiger partial charge in [0.25, 0.3) is 0 Å². The van der Waals surface area contributed by atoms with Gasteiger partial charge in [-0.3, -0.25) is 9.69 Å². The highest BCUT2D eigenvalue weighted by Gasteiger charge is 2.22. The molecule has 0 spiro atoms. The first-order valence-electron chi connectivity index (χ1n) is 5.18. The van der Waals surface area contributed by atoms with Gasteiger partial charge in [0, 0.05) is 19.1 Å². The van der Waals surface area contributed by atoms with E-state index in [4.69, 9.17) is 5.11 Å². The number of amides is 1. The van der Waals surface area contributed by atoms with Gasteiger partial charge in [0.05, 0.1) is 12.6 Å². The van der Waals surface area contributed by atoms with E-state index >= 15 is 0 Å². The molecule has 0 bridgehead atoms. The van der Waals surface area contributed by atoms with E-state index in [0.29, 0.717) is 13.1 Å². The summed E-state index contributed by atoms with van der Waals surface area (Å²) in [7, 11) is 0. The number of hydrogen-bond acceptors (Lipinski definition) is 3. The van der Waals surface area contributed by atoms with E-state index in [9.17, 15) is 4.79 Å². The first-order chi connectivity index (χ1) is 6.54. The van der Waals surface area contributed by atoms with Crippen LogP contribution in [0.4, 0.5) is 0 Å². The Balaban J connectivity index is 4.26. The SMILES string of the molecule is CCNC(=O)C(C)N(CCO)C(C)C. The second-order valence-electron chi connectivity index (χ2n) is 3.63. The molecule has 0 aromatic heterocycles. The molecule has 0 saturated heterocycles. The van der Waals surface area contributed by atoms with Crippen LogP contribution in [0.3, 0.4) is 0 Å². The number of likely N-dealkylation sites (N-methyl/N-ethyl adjacent to an activating group) is 1. The topological polar surface area (TPSA) is 52.6 Å². The molecule has 1 unspecified atom stereocenters. The Bertz CT molecular complexity index is 172. The molecule has 4 heteroatoms. The average Bonchev–Trinajstić information content (AvgIpc) is 2.13. The van der Waals surface area contributed by atoms with Gasteiger partial charge in [-0.2, -0.15) is 0 Å². The van der Waals surface area contributed by atoms with Gasteiger partial charge >= 0.3 is 0 Å². The van der Waals surface area contributed by atoms with Crippen molar-refractivity contribution in [2.45, 2.75) is 39.8 Å². The summed E-state index contributed by atoms with van der Waals surface area (Å²) in [6.45, 7) is 9.07. The molecular formula is C10H22N2O2. The Morgan fingerprint density at radius 3 is 2.36 bits per heavy atom. The summed E-state index contributed by atoms with van der Waals surface area (Å²) in [6.07, 6.45) is 0. The standard InChI is InChI=1S/C10H22N2O2/c1-5-11-10(14)9(4)12(6-7-13)8(2)3/h8-9,13H,5-7H2,1-4H3,(H,11,14). The van der Waals surface area contributed by atoms with E-state index < -0.39 is 0 Å². The van der Waals surface area contributed by atoms with Crippen molar-refractivity contribution in [1.82, 2.24) is 10.2 Å². The fourth-order valence-electron chi connectivity index (χ4n) is 1.49. The molecule has 0 heterocycles. The summed E-state index contributed by atoms with van der Waals surface area (Å²) in [5.41, 5.74) is 0. The van der Waals surface area contributed by atoms with E-state index in [1.807, 2.05) is 32.6 Å². The molecule has 0 aliphatic rings. The van der Waals surface area contributed by atoms with Gasteiger partial charge in [-0.05, 0) is 27.7 Å². The van der Waals surface area contributed by atoms with Crippen molar-refractivity contribution < 1.29 is 9.90 Å². The molecule has 0 aliphatic carbocycles. The summed E-state index contributed by atoms with van der Waals surface area (Å²) >= 11 is 0. The maximum absolute atomic E-state index is 11.5. The second-order valence-corrected chi connectivity index (χ2v) is 3.63. The summed E-state index contributed by atoms with van der Waals surface area (Å²) in [5, 5.41) is 11.6. The smallest absolute Gasteiger partial charge is 0.237 e. The zero-order valence-electron chi connectivity index (χ0n) is 9.58. The summed E-state index contributed by atoms with van der Waals surface area (Å²) in [4.78, 5) is 13.5. The van der Waals surface area contributed by atoms with E-state index in [1.54, 1.807) is 0 Å². The van der Waals surface area contributed by atoms with Crippen LogP contribution in [0.2, 0.25) is 0 Å². The van der Waals surface area contributed by atoms with E-state index in [1.165, 1.54) is 0 Å². The minimum atomic E-state index is -0.179. The monoisotopic (exact) mass is 202 g/mol. The van der Waals surface area contributed by atoms with Crippen molar-refractivity contribution in [3.8, 4) is 0 Å². The third-order valence-corrected chi connectivity index (χ3v) is 2.25. The Kier molecular flexibility index (Phi) is 6.49. The Morgan fingerprint density at radius 2 is 2.00 bits per heavy atom.